The molecule has 0 unspecified atom stereocenters. The summed E-state index contributed by atoms with van der Waals surface area (Å²) in [4.78, 5) is 22.6. The van der Waals surface area contributed by atoms with Crippen LogP contribution in [0, 0.1) is 15.3 Å². The zero-order chi connectivity index (χ0) is 13.6. The maximum absolute atomic E-state index is 12.0. The van der Waals surface area contributed by atoms with E-state index in [1.165, 1.54) is 27.7 Å². The molecule has 0 saturated heterocycles. The van der Waals surface area contributed by atoms with Crippen LogP contribution in [0.4, 0.5) is 0 Å². The van der Waals surface area contributed by atoms with Gasteiger partial charge in [0.05, 0.1) is 7.11 Å². The second-order valence-corrected chi connectivity index (χ2v) is 4.74. The minimum absolute atomic E-state index is 0.276. The molecule has 1 rings (SSSR count). The van der Waals surface area contributed by atoms with Crippen LogP contribution in [0.2, 0.25) is 0 Å². The van der Waals surface area contributed by atoms with E-state index in [4.69, 9.17) is 0 Å². The first-order chi connectivity index (χ1) is 7.58. The zero-order valence-corrected chi connectivity index (χ0v) is 10.4. The highest BCUT2D eigenvalue weighted by molar-refractivity contribution is 6.38. The number of nitrogens with zero attached hydrogens (tertiary/aromatic N) is 3. The van der Waals surface area contributed by atoms with Crippen molar-refractivity contribution in [2.75, 3.05) is 7.11 Å². The van der Waals surface area contributed by atoms with Gasteiger partial charge < -0.3 is 9.94 Å². The number of hydrazine groups is 1. The molecule has 0 amide bonds. The van der Waals surface area contributed by atoms with Crippen LogP contribution in [-0.4, -0.2) is 44.8 Å². The fraction of sp³-hybridized carbons (Fsp3) is 0.778. The van der Waals surface area contributed by atoms with Crippen molar-refractivity contribution in [2.45, 2.75) is 38.9 Å². The van der Waals surface area contributed by atoms with Crippen LogP contribution < -0.4 is 0 Å². The van der Waals surface area contributed by atoms with Gasteiger partial charge in [0.2, 0.25) is 0 Å². The van der Waals surface area contributed by atoms with Gasteiger partial charge in [0.15, 0.2) is 10.6 Å². The van der Waals surface area contributed by atoms with E-state index in [9.17, 15) is 20.1 Å². The molecule has 1 heterocycles. The average molecular weight is 245 g/mol. The van der Waals surface area contributed by atoms with Crippen LogP contribution in [0.3, 0.4) is 0 Å². The maximum atomic E-state index is 12.0. The number of esters is 1. The first kappa shape index (κ1) is 13.2. The normalized spacial score (nSPS) is 21.6. The van der Waals surface area contributed by atoms with Gasteiger partial charge >= 0.3 is 11.7 Å². The first-order valence-electron chi connectivity index (χ1n) is 4.96. The molecule has 96 valence electrons. The summed E-state index contributed by atoms with van der Waals surface area (Å²) in [5.74, 6) is -0.859. The molecule has 17 heavy (non-hydrogen) atoms. The third-order valence-electron chi connectivity index (χ3n) is 2.87. The van der Waals surface area contributed by atoms with Crippen LogP contribution in [0.1, 0.15) is 27.7 Å². The van der Waals surface area contributed by atoms with Crippen molar-refractivity contribution in [3.63, 3.8) is 0 Å². The zero-order valence-electron chi connectivity index (χ0n) is 10.4. The summed E-state index contributed by atoms with van der Waals surface area (Å²) in [7, 11) is 1.13. The Kier molecular flexibility index (Phi) is 2.78. The van der Waals surface area contributed by atoms with Gasteiger partial charge in [0, 0.05) is 13.8 Å². The molecule has 0 aromatic rings. The second-order valence-electron chi connectivity index (χ2n) is 4.74. The van der Waals surface area contributed by atoms with Gasteiger partial charge in [0.25, 0.3) is 5.66 Å². The van der Waals surface area contributed by atoms with Crippen LogP contribution in [0.15, 0.2) is 0 Å². The number of hydrogen-bond donors (Lipinski definition) is 0. The Bertz CT molecular complexity index is 413. The monoisotopic (exact) mass is 245 g/mol. The highest BCUT2D eigenvalue weighted by Crippen LogP contribution is 2.34. The lowest BCUT2D eigenvalue weighted by atomic mass is 9.98. The highest BCUT2D eigenvalue weighted by Gasteiger charge is 2.66. The Balaban J connectivity index is 3.44. The molecule has 8 nitrogen and oxygen atoms in total. The second kappa shape index (κ2) is 3.57. The minimum Gasteiger partial charge on any atom is -0.621 e. The van der Waals surface area contributed by atoms with Crippen molar-refractivity contribution in [3.05, 3.63) is 15.3 Å². The van der Waals surface area contributed by atoms with Gasteiger partial charge in [-0.05, 0) is 18.9 Å². The van der Waals surface area contributed by atoms with E-state index in [0.717, 1.165) is 12.1 Å². The molecule has 0 spiro atoms. The smallest absolute Gasteiger partial charge is 0.402 e. The van der Waals surface area contributed by atoms with Crippen LogP contribution in [0.5, 0.6) is 0 Å². The van der Waals surface area contributed by atoms with Crippen molar-refractivity contribution in [1.82, 2.24) is 5.01 Å². The predicted molar refractivity (Wildman–Crippen MR) is 57.6 cm³/mol. The van der Waals surface area contributed by atoms with Gasteiger partial charge in [0.1, 0.15) is 0 Å². The van der Waals surface area contributed by atoms with Crippen molar-refractivity contribution in [1.29, 1.82) is 0 Å². The van der Waals surface area contributed by atoms with Gasteiger partial charge in [-0.25, -0.2) is 14.9 Å². The van der Waals surface area contributed by atoms with E-state index in [1.54, 1.807) is 0 Å². The number of methoxy groups -OCH3 is 1. The summed E-state index contributed by atoms with van der Waals surface area (Å²) in [5.41, 5.74) is -3.06. The van der Waals surface area contributed by atoms with Crippen LogP contribution in [-0.2, 0) is 9.53 Å². The number of hydroxylamine groups is 1. The van der Waals surface area contributed by atoms with Crippen molar-refractivity contribution >= 4 is 11.7 Å². The molecule has 0 aromatic carbocycles. The number of nitro groups is 1. The third kappa shape index (κ3) is 1.60. The lowest BCUT2D eigenvalue weighted by molar-refractivity contribution is -0.742. The van der Waals surface area contributed by atoms with Crippen molar-refractivity contribution < 1.29 is 19.3 Å². The van der Waals surface area contributed by atoms with Gasteiger partial charge in [-0.2, -0.15) is 4.74 Å². The maximum Gasteiger partial charge on any atom is 0.402 e. The van der Waals surface area contributed by atoms with Crippen LogP contribution in [0.25, 0.3) is 0 Å². The lowest BCUT2D eigenvalue weighted by Crippen LogP contribution is -2.57. The minimum atomic E-state index is -1.45. The highest BCUT2D eigenvalue weighted by atomic mass is 16.7. The average Bonchev–Trinajstić information content (AvgIpc) is 2.28. The summed E-state index contributed by atoms with van der Waals surface area (Å²) in [6.07, 6.45) is 0. The fourth-order valence-electron chi connectivity index (χ4n) is 2.23. The molecule has 0 aromatic heterocycles. The molecule has 0 aliphatic carbocycles. The summed E-state index contributed by atoms with van der Waals surface area (Å²) in [5, 5.41) is 23.1. The van der Waals surface area contributed by atoms with E-state index in [0.29, 0.717) is 4.74 Å². The van der Waals surface area contributed by atoms with Crippen molar-refractivity contribution in [2.24, 2.45) is 0 Å². The molecule has 0 atom stereocenters. The predicted octanol–water partition coefficient (Wildman–Crippen LogP) is 0.133. The first-order valence-corrected chi connectivity index (χ1v) is 4.96. The number of rotatable bonds is 2. The van der Waals surface area contributed by atoms with E-state index in [2.05, 4.69) is 4.74 Å². The van der Waals surface area contributed by atoms with E-state index in [-0.39, 0.29) is 5.71 Å². The molecular formula is C9H15N3O5. The summed E-state index contributed by atoms with van der Waals surface area (Å²) >= 11 is 0. The summed E-state index contributed by atoms with van der Waals surface area (Å²) in [6.45, 7) is 5.62. The standard InChI is InChI=1S/C9H15N3O5/c1-8(2)6(7(13)17-5)10(14)9(3,4)11(8)12(15)16/h1-5H3. The quantitative estimate of drug-likeness (QED) is 0.225. The molecule has 0 bridgehead atoms. The van der Waals surface area contributed by atoms with Crippen molar-refractivity contribution in [3.8, 4) is 0 Å². The van der Waals surface area contributed by atoms with Gasteiger partial charge in [-0.15, -0.1) is 0 Å². The molecule has 8 heteroatoms. The molecule has 1 aliphatic heterocycles. The summed E-state index contributed by atoms with van der Waals surface area (Å²) in [6, 6.07) is 0. The van der Waals surface area contributed by atoms with E-state index < -0.39 is 22.2 Å². The molecule has 0 fully saturated rings. The van der Waals surface area contributed by atoms with Crippen LogP contribution >= 0.6 is 0 Å². The largest absolute Gasteiger partial charge is 0.621 e. The summed E-state index contributed by atoms with van der Waals surface area (Å²) < 4.78 is 4.83. The third-order valence-corrected chi connectivity index (χ3v) is 2.87. The lowest BCUT2D eigenvalue weighted by Gasteiger charge is -2.27. The Morgan fingerprint density at radius 3 is 2.18 bits per heavy atom. The number of carbonyl (C=O) groups is 1. The number of ether oxygens (including phenoxy) is 1. The Morgan fingerprint density at radius 2 is 1.88 bits per heavy atom. The SMILES string of the molecule is COC(=O)C1=[N+]([O-])C(C)(C)N([N+](=O)[O-])C1(C)C. The fourth-order valence-corrected chi connectivity index (χ4v) is 2.23. The van der Waals surface area contributed by atoms with E-state index in [1.807, 2.05) is 0 Å². The van der Waals surface area contributed by atoms with E-state index >= 15 is 0 Å². The molecule has 0 saturated carbocycles. The molecule has 0 N–H and O–H groups in total. The van der Waals surface area contributed by atoms with Gasteiger partial charge in [-0.1, -0.05) is 0 Å². The molecule has 1 aliphatic rings. The van der Waals surface area contributed by atoms with Gasteiger partial charge in [-0.3, -0.25) is 0 Å². The Hall–Kier alpha value is -1.86. The number of hydrogen-bond acceptors (Lipinski definition) is 5. The molecule has 0 radical (unpaired) electrons. The molecular weight excluding hydrogens is 230 g/mol. The Labute approximate surface area is 98.2 Å². The number of carbonyl (C=O) groups excluding carboxylic acids is 1. The topological polar surface area (TPSA) is 98.8 Å². The Morgan fingerprint density at radius 1 is 1.41 bits per heavy atom.